The SMILES string of the molecule is O=C(COC(=O)c1ccccc1-c1ccccc1)Nc1ccc(SC(F)F)cc1. The van der Waals surface area contributed by atoms with Gasteiger partial charge in [-0.2, -0.15) is 8.78 Å². The first kappa shape index (κ1) is 20.5. The standard InChI is InChI=1S/C22H17F2NO3S/c23-22(24)29-17-12-10-16(11-13-17)25-20(26)14-28-21(27)19-9-5-4-8-18(19)15-6-2-1-3-7-15/h1-13,22H,14H2,(H,25,26). The van der Waals surface area contributed by atoms with Gasteiger partial charge in [-0.05, 0) is 41.5 Å². The van der Waals surface area contributed by atoms with Crippen LogP contribution in [0.4, 0.5) is 14.5 Å². The molecule has 0 aliphatic rings. The lowest BCUT2D eigenvalue weighted by Crippen LogP contribution is -2.21. The van der Waals surface area contributed by atoms with Crippen LogP contribution in [0.5, 0.6) is 0 Å². The molecule has 3 rings (SSSR count). The fourth-order valence-corrected chi connectivity index (χ4v) is 3.16. The number of carbonyl (C=O) groups excluding carboxylic acids is 2. The Kier molecular flexibility index (Phi) is 6.97. The molecule has 0 aliphatic heterocycles. The number of carbonyl (C=O) groups is 2. The van der Waals surface area contributed by atoms with Gasteiger partial charge in [0.25, 0.3) is 11.7 Å². The molecule has 3 aromatic rings. The van der Waals surface area contributed by atoms with Gasteiger partial charge >= 0.3 is 5.97 Å². The molecule has 0 atom stereocenters. The zero-order valence-corrected chi connectivity index (χ0v) is 16.0. The van der Waals surface area contributed by atoms with Crippen LogP contribution in [0.2, 0.25) is 0 Å². The molecular weight excluding hydrogens is 396 g/mol. The van der Waals surface area contributed by atoms with E-state index in [-0.39, 0.29) is 0 Å². The van der Waals surface area contributed by atoms with Gasteiger partial charge in [-0.15, -0.1) is 0 Å². The molecule has 148 valence electrons. The maximum Gasteiger partial charge on any atom is 0.339 e. The second kappa shape index (κ2) is 9.84. The molecule has 0 spiro atoms. The summed E-state index contributed by atoms with van der Waals surface area (Å²) in [7, 11) is 0. The van der Waals surface area contributed by atoms with Crippen LogP contribution in [-0.2, 0) is 9.53 Å². The Morgan fingerprint density at radius 2 is 1.55 bits per heavy atom. The Hall–Kier alpha value is -3.19. The minimum absolute atomic E-state index is 0.361. The predicted molar refractivity (Wildman–Crippen MR) is 109 cm³/mol. The first-order valence-corrected chi connectivity index (χ1v) is 9.57. The lowest BCUT2D eigenvalue weighted by atomic mass is 10.00. The van der Waals surface area contributed by atoms with Gasteiger partial charge in [0, 0.05) is 10.6 Å². The Morgan fingerprint density at radius 1 is 0.897 bits per heavy atom. The molecule has 1 amide bonds. The summed E-state index contributed by atoms with van der Waals surface area (Å²) in [6.07, 6.45) is 0. The Bertz CT molecular complexity index is 979. The van der Waals surface area contributed by atoms with Gasteiger partial charge in [-0.3, -0.25) is 4.79 Å². The number of nitrogens with one attached hydrogen (secondary N) is 1. The number of halogens is 2. The normalized spacial score (nSPS) is 10.6. The van der Waals surface area contributed by atoms with Crippen LogP contribution in [0.15, 0.2) is 83.8 Å². The van der Waals surface area contributed by atoms with Gasteiger partial charge in [0.2, 0.25) is 0 Å². The Morgan fingerprint density at radius 3 is 2.24 bits per heavy atom. The summed E-state index contributed by atoms with van der Waals surface area (Å²) in [4.78, 5) is 24.9. The zero-order chi connectivity index (χ0) is 20.6. The topological polar surface area (TPSA) is 55.4 Å². The fourth-order valence-electron chi connectivity index (χ4n) is 2.66. The van der Waals surface area contributed by atoms with E-state index in [0.29, 0.717) is 33.5 Å². The van der Waals surface area contributed by atoms with E-state index < -0.39 is 24.2 Å². The van der Waals surface area contributed by atoms with Crippen molar-refractivity contribution in [2.24, 2.45) is 0 Å². The number of hydrogen-bond donors (Lipinski definition) is 1. The van der Waals surface area contributed by atoms with Crippen LogP contribution in [-0.4, -0.2) is 24.2 Å². The third-order valence-corrected chi connectivity index (χ3v) is 4.65. The van der Waals surface area contributed by atoms with Crippen molar-refractivity contribution in [1.29, 1.82) is 0 Å². The smallest absolute Gasteiger partial charge is 0.339 e. The molecule has 0 radical (unpaired) electrons. The molecule has 7 heteroatoms. The summed E-state index contributed by atoms with van der Waals surface area (Å²) in [6.45, 7) is -0.463. The highest BCUT2D eigenvalue weighted by Crippen LogP contribution is 2.26. The summed E-state index contributed by atoms with van der Waals surface area (Å²) in [6, 6.07) is 22.4. The quantitative estimate of drug-likeness (QED) is 0.413. The van der Waals surface area contributed by atoms with E-state index in [1.807, 2.05) is 42.5 Å². The van der Waals surface area contributed by atoms with Crippen molar-refractivity contribution in [3.05, 3.63) is 84.4 Å². The predicted octanol–water partition coefficient (Wildman–Crippen LogP) is 5.46. The number of rotatable bonds is 7. The average molecular weight is 413 g/mol. The maximum atomic E-state index is 12.5. The van der Waals surface area contributed by atoms with Gasteiger partial charge in [-0.1, -0.05) is 60.3 Å². The molecule has 0 aromatic heterocycles. The zero-order valence-electron chi connectivity index (χ0n) is 15.2. The van der Waals surface area contributed by atoms with Crippen molar-refractivity contribution in [3.8, 4) is 11.1 Å². The van der Waals surface area contributed by atoms with E-state index in [9.17, 15) is 18.4 Å². The van der Waals surface area contributed by atoms with E-state index in [4.69, 9.17) is 4.74 Å². The van der Waals surface area contributed by atoms with Crippen LogP contribution in [0.1, 0.15) is 10.4 Å². The maximum absolute atomic E-state index is 12.5. The molecule has 4 nitrogen and oxygen atoms in total. The lowest BCUT2D eigenvalue weighted by Gasteiger charge is -2.10. The number of benzene rings is 3. The summed E-state index contributed by atoms with van der Waals surface area (Å²) in [5, 5.41) is 2.56. The number of esters is 1. The van der Waals surface area contributed by atoms with Gasteiger partial charge < -0.3 is 10.1 Å². The van der Waals surface area contributed by atoms with Gasteiger partial charge in [0.1, 0.15) is 0 Å². The molecular formula is C22H17F2NO3S. The summed E-state index contributed by atoms with van der Waals surface area (Å²) in [5.41, 5.74) is 2.37. The van der Waals surface area contributed by atoms with E-state index in [1.165, 1.54) is 24.3 Å². The van der Waals surface area contributed by atoms with Gasteiger partial charge in [0.05, 0.1) is 5.56 Å². The molecule has 0 saturated carbocycles. The Balaban J connectivity index is 1.59. The molecule has 1 N–H and O–H groups in total. The highest BCUT2D eigenvalue weighted by Gasteiger charge is 2.15. The third kappa shape index (κ3) is 5.89. The second-order valence-electron chi connectivity index (χ2n) is 5.94. The summed E-state index contributed by atoms with van der Waals surface area (Å²) in [5.74, 6) is -3.64. The van der Waals surface area contributed by atoms with E-state index in [2.05, 4.69) is 5.32 Å². The summed E-state index contributed by atoms with van der Waals surface area (Å²) >= 11 is 0.422. The first-order valence-electron chi connectivity index (χ1n) is 8.69. The van der Waals surface area contributed by atoms with Crippen molar-refractivity contribution in [2.45, 2.75) is 10.7 Å². The number of anilines is 1. The number of ether oxygens (including phenoxy) is 1. The van der Waals surface area contributed by atoms with Crippen molar-refractivity contribution in [3.63, 3.8) is 0 Å². The molecule has 0 unspecified atom stereocenters. The van der Waals surface area contributed by atoms with Crippen molar-refractivity contribution in [2.75, 3.05) is 11.9 Å². The molecule has 0 fully saturated rings. The number of amides is 1. The van der Waals surface area contributed by atoms with Crippen LogP contribution < -0.4 is 5.32 Å². The molecule has 0 heterocycles. The fraction of sp³-hybridized carbons (Fsp3) is 0.0909. The highest BCUT2D eigenvalue weighted by molar-refractivity contribution is 7.99. The molecule has 0 bridgehead atoms. The number of alkyl halides is 2. The van der Waals surface area contributed by atoms with Crippen LogP contribution in [0.25, 0.3) is 11.1 Å². The molecule has 0 saturated heterocycles. The van der Waals surface area contributed by atoms with Crippen LogP contribution in [0.3, 0.4) is 0 Å². The van der Waals surface area contributed by atoms with Gasteiger partial charge in [-0.25, -0.2) is 4.79 Å². The van der Waals surface area contributed by atoms with E-state index >= 15 is 0 Å². The second-order valence-corrected chi connectivity index (χ2v) is 7.00. The van der Waals surface area contributed by atoms with Crippen LogP contribution >= 0.6 is 11.8 Å². The number of thioether (sulfide) groups is 1. The van der Waals surface area contributed by atoms with Crippen LogP contribution in [0, 0.1) is 0 Å². The monoisotopic (exact) mass is 413 g/mol. The lowest BCUT2D eigenvalue weighted by molar-refractivity contribution is -0.119. The van der Waals surface area contributed by atoms with Gasteiger partial charge in [0.15, 0.2) is 6.61 Å². The largest absolute Gasteiger partial charge is 0.452 e. The van der Waals surface area contributed by atoms with E-state index in [0.717, 1.165) is 5.56 Å². The first-order chi connectivity index (χ1) is 14.0. The van der Waals surface area contributed by atoms with Crippen molar-refractivity contribution >= 4 is 29.3 Å². The third-order valence-electron chi connectivity index (χ3n) is 3.93. The van der Waals surface area contributed by atoms with E-state index in [1.54, 1.807) is 12.1 Å². The number of hydrogen-bond acceptors (Lipinski definition) is 4. The van der Waals surface area contributed by atoms with Crippen molar-refractivity contribution in [1.82, 2.24) is 0 Å². The summed E-state index contributed by atoms with van der Waals surface area (Å²) < 4.78 is 29.8. The minimum Gasteiger partial charge on any atom is -0.452 e. The van der Waals surface area contributed by atoms with Crippen molar-refractivity contribution < 1.29 is 23.1 Å². The Labute approximate surface area is 170 Å². The molecule has 0 aliphatic carbocycles. The molecule has 29 heavy (non-hydrogen) atoms. The molecule has 3 aromatic carbocycles. The highest BCUT2D eigenvalue weighted by atomic mass is 32.2. The average Bonchev–Trinajstić information content (AvgIpc) is 2.74. The minimum atomic E-state index is -2.51.